The summed E-state index contributed by atoms with van der Waals surface area (Å²) in [4.78, 5) is 12.4. The van der Waals surface area contributed by atoms with Gasteiger partial charge in [-0.2, -0.15) is 0 Å². The number of rotatable bonds is 4. The first-order valence-corrected chi connectivity index (χ1v) is 6.80. The highest BCUT2D eigenvalue weighted by atomic mass is 16.5. The highest BCUT2D eigenvalue weighted by Crippen LogP contribution is 2.75. The van der Waals surface area contributed by atoms with Crippen molar-refractivity contribution in [3.8, 4) is 0 Å². The normalized spacial score (nSPS) is 32.7. The third-order valence-corrected chi connectivity index (χ3v) is 4.93. The molecule has 0 aliphatic heterocycles. The third-order valence-electron chi connectivity index (χ3n) is 4.93. The van der Waals surface area contributed by atoms with E-state index < -0.39 is 0 Å². The summed E-state index contributed by atoms with van der Waals surface area (Å²) in [7, 11) is 0. The van der Waals surface area contributed by atoms with Crippen LogP contribution in [0.3, 0.4) is 0 Å². The Morgan fingerprint density at radius 1 is 1.35 bits per heavy atom. The van der Waals surface area contributed by atoms with E-state index in [9.17, 15) is 4.79 Å². The molecule has 0 aromatic rings. The van der Waals surface area contributed by atoms with Crippen LogP contribution in [0.15, 0.2) is 0 Å². The van der Waals surface area contributed by atoms with Crippen molar-refractivity contribution in [2.45, 2.75) is 61.3 Å². The van der Waals surface area contributed by atoms with E-state index in [-0.39, 0.29) is 22.2 Å². The number of carbonyl (C=O) groups excluding carboxylic acids is 1. The molecule has 0 aromatic carbocycles. The summed E-state index contributed by atoms with van der Waals surface area (Å²) < 4.78 is 5.43. The minimum atomic E-state index is -0.263. The minimum Gasteiger partial charge on any atom is -0.465 e. The number of hydrogen-bond donors (Lipinski definition) is 0. The van der Waals surface area contributed by atoms with Gasteiger partial charge in [0.1, 0.15) is 0 Å². The van der Waals surface area contributed by atoms with Gasteiger partial charge in [0.2, 0.25) is 0 Å². The molecule has 2 heteroatoms. The van der Waals surface area contributed by atoms with Crippen molar-refractivity contribution in [3.63, 3.8) is 0 Å². The predicted molar refractivity (Wildman–Crippen MR) is 70.7 cm³/mol. The summed E-state index contributed by atoms with van der Waals surface area (Å²) in [5.41, 5.74) is -0.0537. The molecule has 1 aliphatic rings. The topological polar surface area (TPSA) is 26.3 Å². The molecule has 0 amide bonds. The summed E-state index contributed by atoms with van der Waals surface area (Å²) in [6.07, 6.45) is 1.86. The number of ether oxygens (including phenoxy) is 1. The van der Waals surface area contributed by atoms with E-state index in [0.29, 0.717) is 12.5 Å². The van der Waals surface area contributed by atoms with E-state index in [0.717, 1.165) is 12.8 Å². The molecule has 0 radical (unpaired) electrons. The molecule has 0 heterocycles. The second-order valence-corrected chi connectivity index (χ2v) is 7.02. The van der Waals surface area contributed by atoms with Crippen LogP contribution in [0.5, 0.6) is 0 Å². The summed E-state index contributed by atoms with van der Waals surface area (Å²) >= 11 is 0. The monoisotopic (exact) mass is 240 g/mol. The average Bonchev–Trinajstić information content (AvgIpc) is 2.84. The van der Waals surface area contributed by atoms with Crippen LogP contribution in [-0.4, -0.2) is 12.6 Å². The van der Waals surface area contributed by atoms with Gasteiger partial charge in [-0.3, -0.25) is 4.79 Å². The Morgan fingerprint density at radius 3 is 2.18 bits per heavy atom. The standard InChI is InChI=1S/C15H28O2/c1-8-9-17-12(16)15(11(2)3)10-14(15,7)13(4,5)6/h11H,8-10H2,1-7H3. The van der Waals surface area contributed by atoms with Gasteiger partial charge in [-0.1, -0.05) is 48.5 Å². The molecule has 2 nitrogen and oxygen atoms in total. The lowest BCUT2D eigenvalue weighted by atomic mass is 9.70. The quantitative estimate of drug-likeness (QED) is 0.693. The zero-order valence-corrected chi connectivity index (χ0v) is 12.5. The average molecular weight is 240 g/mol. The van der Waals surface area contributed by atoms with Crippen molar-refractivity contribution in [1.29, 1.82) is 0 Å². The molecule has 0 aromatic heterocycles. The molecule has 0 saturated heterocycles. The molecule has 1 aliphatic carbocycles. The van der Waals surface area contributed by atoms with Gasteiger partial charge in [0.15, 0.2) is 0 Å². The van der Waals surface area contributed by atoms with Gasteiger partial charge in [-0.15, -0.1) is 0 Å². The Labute approximate surface area is 106 Å². The lowest BCUT2D eigenvalue weighted by molar-refractivity contribution is -0.155. The first kappa shape index (κ1) is 14.5. The van der Waals surface area contributed by atoms with E-state index >= 15 is 0 Å². The highest BCUT2D eigenvalue weighted by Gasteiger charge is 2.74. The zero-order chi connectivity index (χ0) is 13.5. The summed E-state index contributed by atoms with van der Waals surface area (Å²) in [5, 5.41) is 0. The molecular weight excluding hydrogens is 212 g/mol. The van der Waals surface area contributed by atoms with Gasteiger partial charge in [-0.25, -0.2) is 0 Å². The lowest BCUT2D eigenvalue weighted by Gasteiger charge is -2.34. The van der Waals surface area contributed by atoms with Crippen LogP contribution in [0, 0.1) is 22.2 Å². The predicted octanol–water partition coefficient (Wildman–Crippen LogP) is 4.04. The second kappa shape index (κ2) is 4.29. The van der Waals surface area contributed by atoms with Crippen LogP contribution in [0.25, 0.3) is 0 Å². The molecule has 17 heavy (non-hydrogen) atoms. The first-order valence-electron chi connectivity index (χ1n) is 6.80. The lowest BCUT2D eigenvalue weighted by Crippen LogP contribution is -2.36. The van der Waals surface area contributed by atoms with Gasteiger partial charge in [0.05, 0.1) is 12.0 Å². The number of carbonyl (C=O) groups is 1. The van der Waals surface area contributed by atoms with Crippen molar-refractivity contribution in [1.82, 2.24) is 0 Å². The van der Waals surface area contributed by atoms with Crippen LogP contribution in [0.2, 0.25) is 0 Å². The first-order chi connectivity index (χ1) is 7.63. The van der Waals surface area contributed by atoms with E-state index in [1.54, 1.807) is 0 Å². The molecule has 1 rings (SSSR count). The Kier molecular flexibility index (Phi) is 3.67. The minimum absolute atomic E-state index is 0.0202. The van der Waals surface area contributed by atoms with Crippen LogP contribution in [0.4, 0.5) is 0 Å². The van der Waals surface area contributed by atoms with E-state index in [1.807, 2.05) is 6.92 Å². The SMILES string of the molecule is CCCOC(=O)C1(C(C)C)CC1(C)C(C)(C)C. The number of esters is 1. The summed E-state index contributed by atoms with van der Waals surface area (Å²) in [6, 6.07) is 0. The van der Waals surface area contributed by atoms with Gasteiger partial charge < -0.3 is 4.74 Å². The zero-order valence-electron chi connectivity index (χ0n) is 12.5. The van der Waals surface area contributed by atoms with Crippen LogP contribution >= 0.6 is 0 Å². The summed E-state index contributed by atoms with van der Waals surface area (Å²) in [5.74, 6) is 0.364. The molecule has 0 N–H and O–H groups in total. The Bertz CT molecular complexity index is 301. The van der Waals surface area contributed by atoms with Crippen LogP contribution in [0.1, 0.15) is 61.3 Å². The molecule has 1 saturated carbocycles. The maximum Gasteiger partial charge on any atom is 0.312 e. The van der Waals surface area contributed by atoms with Gasteiger partial charge in [0, 0.05) is 0 Å². The third kappa shape index (κ3) is 2.00. The smallest absolute Gasteiger partial charge is 0.312 e. The molecule has 100 valence electrons. The molecule has 2 unspecified atom stereocenters. The fourth-order valence-electron chi connectivity index (χ4n) is 3.15. The fraction of sp³-hybridized carbons (Fsp3) is 0.933. The Morgan fingerprint density at radius 2 is 1.88 bits per heavy atom. The highest BCUT2D eigenvalue weighted by molar-refractivity contribution is 5.82. The molecule has 2 atom stereocenters. The van der Waals surface area contributed by atoms with Gasteiger partial charge in [-0.05, 0) is 29.6 Å². The molecular formula is C15H28O2. The van der Waals surface area contributed by atoms with Crippen molar-refractivity contribution in [2.75, 3.05) is 6.61 Å². The fourth-order valence-corrected chi connectivity index (χ4v) is 3.15. The second-order valence-electron chi connectivity index (χ2n) is 7.02. The van der Waals surface area contributed by atoms with E-state index in [2.05, 4.69) is 41.5 Å². The van der Waals surface area contributed by atoms with E-state index in [1.165, 1.54) is 0 Å². The van der Waals surface area contributed by atoms with Crippen molar-refractivity contribution < 1.29 is 9.53 Å². The van der Waals surface area contributed by atoms with Gasteiger partial charge in [0.25, 0.3) is 0 Å². The largest absolute Gasteiger partial charge is 0.465 e. The summed E-state index contributed by atoms with van der Waals surface area (Å²) in [6.45, 7) is 15.8. The Balaban J connectivity index is 2.94. The number of hydrogen-bond acceptors (Lipinski definition) is 2. The van der Waals surface area contributed by atoms with Crippen LogP contribution < -0.4 is 0 Å². The molecule has 0 bridgehead atoms. The van der Waals surface area contributed by atoms with Crippen LogP contribution in [-0.2, 0) is 9.53 Å². The van der Waals surface area contributed by atoms with Crippen molar-refractivity contribution in [3.05, 3.63) is 0 Å². The molecule has 1 fully saturated rings. The molecule has 0 spiro atoms. The maximum absolute atomic E-state index is 12.4. The van der Waals surface area contributed by atoms with Crippen molar-refractivity contribution in [2.24, 2.45) is 22.2 Å². The Hall–Kier alpha value is -0.530. The van der Waals surface area contributed by atoms with Gasteiger partial charge >= 0.3 is 5.97 Å². The van der Waals surface area contributed by atoms with E-state index in [4.69, 9.17) is 4.74 Å². The van der Waals surface area contributed by atoms with Crippen molar-refractivity contribution >= 4 is 5.97 Å². The maximum atomic E-state index is 12.4.